The number of nitrogens with zero attached hydrogens (tertiary/aromatic N) is 5. The van der Waals surface area contributed by atoms with Crippen molar-refractivity contribution < 1.29 is 18.8 Å². The maximum absolute atomic E-state index is 13.4. The van der Waals surface area contributed by atoms with E-state index in [0.717, 1.165) is 5.56 Å². The number of benzene rings is 3. The summed E-state index contributed by atoms with van der Waals surface area (Å²) in [5, 5.41) is 29.0. The van der Waals surface area contributed by atoms with Crippen LogP contribution in [0.1, 0.15) is 27.8 Å². The number of halogens is 1. The van der Waals surface area contributed by atoms with Crippen LogP contribution < -0.4 is 9.47 Å². The van der Waals surface area contributed by atoms with Crippen molar-refractivity contribution in [3.8, 4) is 23.3 Å². The fourth-order valence-electron chi connectivity index (χ4n) is 3.69. The second kappa shape index (κ2) is 11.5. The Morgan fingerprint density at radius 2 is 1.89 bits per heavy atom. The molecule has 0 aliphatic heterocycles. The molecule has 0 N–H and O–H groups in total. The van der Waals surface area contributed by atoms with Crippen LogP contribution in [0.3, 0.4) is 0 Å². The number of hydrogen-bond donors (Lipinski definition) is 0. The van der Waals surface area contributed by atoms with E-state index in [2.05, 4.69) is 16.3 Å². The van der Waals surface area contributed by atoms with Crippen molar-refractivity contribution in [3.63, 3.8) is 0 Å². The van der Waals surface area contributed by atoms with Gasteiger partial charge < -0.3 is 9.47 Å². The van der Waals surface area contributed by atoms with E-state index < -0.39 is 10.2 Å². The van der Waals surface area contributed by atoms with Crippen LogP contribution >= 0.6 is 11.8 Å². The zero-order chi connectivity index (χ0) is 26.4. The third-order valence-corrected chi connectivity index (χ3v) is 6.70. The predicted octanol–water partition coefficient (Wildman–Crippen LogP) is 5.28. The lowest BCUT2D eigenvalue weighted by Crippen LogP contribution is -2.11. The van der Waals surface area contributed by atoms with Crippen LogP contribution in [0.4, 0.5) is 4.39 Å². The molecule has 0 bridgehead atoms. The first kappa shape index (κ1) is 25.7. The molecule has 4 aromatic rings. The largest absolute Gasteiger partial charge is 0.493 e. The summed E-state index contributed by atoms with van der Waals surface area (Å²) in [5.74, 6) is 1.03. The van der Waals surface area contributed by atoms with Crippen LogP contribution in [0.2, 0.25) is 0 Å². The fourth-order valence-corrected chi connectivity index (χ4v) is 4.86. The van der Waals surface area contributed by atoms with E-state index in [1.165, 1.54) is 31.0 Å². The maximum Gasteiger partial charge on any atom is 0.220 e. The van der Waals surface area contributed by atoms with Gasteiger partial charge in [0.05, 0.1) is 18.7 Å². The Bertz CT molecular complexity index is 1450. The van der Waals surface area contributed by atoms with Crippen LogP contribution in [0, 0.1) is 34.2 Å². The summed E-state index contributed by atoms with van der Waals surface area (Å²) >= 11 is 1.18. The second-order valence-corrected chi connectivity index (χ2v) is 9.10. The first-order valence-electron chi connectivity index (χ1n) is 11.1. The molecule has 0 amide bonds. The number of ether oxygens (including phenoxy) is 2. The minimum absolute atomic E-state index is 0.159. The van der Waals surface area contributed by atoms with Gasteiger partial charge in [-0.2, -0.15) is 5.26 Å². The van der Waals surface area contributed by atoms with E-state index >= 15 is 0 Å². The van der Waals surface area contributed by atoms with Gasteiger partial charge in [-0.15, -0.1) is 10.2 Å². The normalized spacial score (nSPS) is 11.5. The van der Waals surface area contributed by atoms with Crippen molar-refractivity contribution in [2.24, 2.45) is 0 Å². The van der Waals surface area contributed by atoms with Crippen molar-refractivity contribution in [2.75, 3.05) is 13.7 Å². The van der Waals surface area contributed by atoms with Gasteiger partial charge in [0.2, 0.25) is 6.54 Å². The topological polar surface area (TPSA) is 116 Å². The lowest BCUT2D eigenvalue weighted by Gasteiger charge is -2.17. The van der Waals surface area contributed by atoms with Gasteiger partial charge in [-0.3, -0.25) is 14.7 Å². The van der Waals surface area contributed by atoms with Gasteiger partial charge in [-0.1, -0.05) is 36.0 Å². The molecule has 0 fully saturated rings. The molecule has 0 saturated carbocycles. The van der Waals surface area contributed by atoms with Crippen molar-refractivity contribution in [1.29, 1.82) is 5.26 Å². The summed E-state index contributed by atoms with van der Waals surface area (Å²) in [4.78, 5) is 11.1. The second-order valence-electron chi connectivity index (χ2n) is 7.93. The molecular formula is C26H22FN5O4S. The molecule has 4 rings (SSSR count). The van der Waals surface area contributed by atoms with E-state index in [9.17, 15) is 19.8 Å². The van der Waals surface area contributed by atoms with E-state index in [4.69, 9.17) is 9.47 Å². The highest BCUT2D eigenvalue weighted by Gasteiger charge is 2.25. The number of thioether (sulfide) groups is 1. The summed E-state index contributed by atoms with van der Waals surface area (Å²) in [6, 6.07) is 20.2. The Kier molecular flexibility index (Phi) is 8.00. The van der Waals surface area contributed by atoms with Crippen LogP contribution in [0.25, 0.3) is 5.69 Å². The van der Waals surface area contributed by atoms with Crippen molar-refractivity contribution >= 4 is 11.8 Å². The van der Waals surface area contributed by atoms with E-state index in [-0.39, 0.29) is 19.0 Å². The average molecular weight is 520 g/mol. The average Bonchev–Trinajstić information content (AvgIpc) is 3.27. The van der Waals surface area contributed by atoms with Gasteiger partial charge in [-0.25, -0.2) is 4.39 Å². The van der Waals surface area contributed by atoms with Gasteiger partial charge in [0, 0.05) is 16.2 Å². The summed E-state index contributed by atoms with van der Waals surface area (Å²) in [6.07, 6.45) is 0. The molecule has 0 aliphatic carbocycles. The van der Waals surface area contributed by atoms with Crippen molar-refractivity contribution in [1.82, 2.24) is 14.8 Å². The van der Waals surface area contributed by atoms with Crippen molar-refractivity contribution in [2.45, 2.75) is 23.9 Å². The fraction of sp³-hybridized carbons (Fsp3) is 0.192. The van der Waals surface area contributed by atoms with Gasteiger partial charge in [0.1, 0.15) is 23.5 Å². The maximum atomic E-state index is 13.4. The number of methoxy groups -OCH3 is 1. The molecular weight excluding hydrogens is 497 g/mol. The third kappa shape index (κ3) is 6.05. The summed E-state index contributed by atoms with van der Waals surface area (Å²) < 4.78 is 26.6. The van der Waals surface area contributed by atoms with E-state index in [0.29, 0.717) is 39.3 Å². The van der Waals surface area contributed by atoms with Gasteiger partial charge in [-0.05, 0) is 55.0 Å². The number of aromatic nitrogens is 3. The van der Waals surface area contributed by atoms with Crippen LogP contribution in [-0.2, 0) is 6.61 Å². The molecule has 0 radical (unpaired) electrons. The summed E-state index contributed by atoms with van der Waals surface area (Å²) in [7, 11) is 1.49. The first-order chi connectivity index (χ1) is 17.9. The molecule has 1 heterocycles. The Balaban J connectivity index is 1.61. The molecule has 0 unspecified atom stereocenters. The van der Waals surface area contributed by atoms with E-state index in [1.54, 1.807) is 54.0 Å². The number of nitro groups is 1. The summed E-state index contributed by atoms with van der Waals surface area (Å²) in [6.45, 7) is 1.54. The molecule has 37 heavy (non-hydrogen) atoms. The van der Waals surface area contributed by atoms with Crippen LogP contribution in [0.5, 0.6) is 11.5 Å². The molecule has 0 aliphatic rings. The smallest absolute Gasteiger partial charge is 0.220 e. The Morgan fingerprint density at radius 3 is 2.59 bits per heavy atom. The highest BCUT2D eigenvalue weighted by molar-refractivity contribution is 7.99. The summed E-state index contributed by atoms with van der Waals surface area (Å²) in [5.41, 5.74) is 2.52. The Labute approximate surface area is 216 Å². The zero-order valence-corrected chi connectivity index (χ0v) is 20.8. The van der Waals surface area contributed by atoms with E-state index in [1.807, 2.05) is 12.1 Å². The minimum atomic E-state index is -0.625. The molecule has 1 aromatic heterocycles. The highest BCUT2D eigenvalue weighted by Crippen LogP contribution is 2.39. The van der Waals surface area contributed by atoms with Crippen LogP contribution in [-0.4, -0.2) is 33.3 Å². The SMILES string of the molecule is COc1cc([C@H](C[N+](=O)[O-])Sc2nnc(C)n2-c2ccc(F)cc2)ccc1OCc1ccccc1C#N. The number of nitriles is 1. The quantitative estimate of drug-likeness (QED) is 0.158. The lowest BCUT2D eigenvalue weighted by atomic mass is 10.1. The monoisotopic (exact) mass is 519 g/mol. The Hall–Kier alpha value is -4.43. The Morgan fingerprint density at radius 1 is 1.14 bits per heavy atom. The number of rotatable bonds is 10. The molecule has 3 aromatic carbocycles. The lowest BCUT2D eigenvalue weighted by molar-refractivity contribution is -0.479. The van der Waals surface area contributed by atoms with Gasteiger partial charge in [0.15, 0.2) is 16.7 Å². The predicted molar refractivity (Wildman–Crippen MR) is 135 cm³/mol. The first-order valence-corrected chi connectivity index (χ1v) is 12.0. The standard InChI is InChI=1S/C26H22FN5O4S/c1-17-29-30-26(32(17)22-10-8-21(27)9-11-22)37-25(15-31(33)34)18-7-12-23(24(13-18)35-2)36-16-20-6-4-3-5-19(20)14-28/h3-13,25H,15-16H2,1-2H3/t25-/m0/s1. The molecule has 0 spiro atoms. The highest BCUT2D eigenvalue weighted by atomic mass is 32.2. The molecule has 1 atom stereocenters. The van der Waals surface area contributed by atoms with Gasteiger partial charge >= 0.3 is 0 Å². The van der Waals surface area contributed by atoms with Gasteiger partial charge in [0.25, 0.3) is 0 Å². The van der Waals surface area contributed by atoms with Crippen LogP contribution in [0.15, 0.2) is 71.9 Å². The molecule has 188 valence electrons. The van der Waals surface area contributed by atoms with Crippen molar-refractivity contribution in [3.05, 3.63) is 105 Å². The number of aryl methyl sites for hydroxylation is 1. The number of hydrogen-bond acceptors (Lipinski definition) is 8. The zero-order valence-electron chi connectivity index (χ0n) is 20.0. The molecule has 11 heteroatoms. The minimum Gasteiger partial charge on any atom is -0.493 e. The molecule has 9 nitrogen and oxygen atoms in total. The third-order valence-electron chi connectivity index (χ3n) is 5.52. The molecule has 0 saturated heterocycles.